The van der Waals surface area contributed by atoms with Crippen molar-refractivity contribution in [3.05, 3.63) is 291 Å². The van der Waals surface area contributed by atoms with Crippen molar-refractivity contribution in [2.75, 3.05) is 47.2 Å². The molecule has 36 heteroatoms. The lowest BCUT2D eigenvalue weighted by molar-refractivity contribution is -0.144. The zero-order valence-corrected chi connectivity index (χ0v) is 73.5. The van der Waals surface area contributed by atoms with Gasteiger partial charge in [-0.2, -0.15) is 0 Å². The molecule has 31 nitrogen and oxygen atoms in total. The lowest BCUT2D eigenvalue weighted by Crippen LogP contribution is -2.43. The van der Waals surface area contributed by atoms with E-state index in [4.69, 9.17) is 64.8 Å². The zero-order valence-electron chi connectivity index (χ0n) is 67.3. The highest BCUT2D eigenvalue weighted by atomic mass is 79.9. The number of carbonyl (C=O) groups excluding carboxylic acids is 10. The number of aliphatic carboxylic acids is 1. The average molecular weight is 1920 g/mol. The van der Waals surface area contributed by atoms with Crippen LogP contribution in [0.3, 0.4) is 0 Å². The third-order valence-corrected chi connectivity index (χ3v) is 17.5. The van der Waals surface area contributed by atoms with Gasteiger partial charge >= 0.3 is 29.8 Å². The lowest BCUT2D eigenvalue weighted by Gasteiger charge is -2.18. The summed E-state index contributed by atoms with van der Waals surface area (Å²) in [6.45, 7) is 6.45. The molecule has 0 fully saturated rings. The van der Waals surface area contributed by atoms with E-state index in [-0.39, 0.29) is 59.9 Å². The van der Waals surface area contributed by atoms with Gasteiger partial charge in [0.05, 0.1) is 70.6 Å². The molecule has 6 heterocycles. The second-order valence-corrected chi connectivity index (χ2v) is 28.5. The van der Waals surface area contributed by atoms with Crippen molar-refractivity contribution >= 4 is 169 Å². The highest BCUT2D eigenvalue weighted by Gasteiger charge is 2.24. The average Bonchev–Trinajstić information content (AvgIpc) is 0.868. The summed E-state index contributed by atoms with van der Waals surface area (Å²) in [5.74, 6) is -4.30. The van der Waals surface area contributed by atoms with Crippen LogP contribution in [-0.4, -0.2) is 148 Å². The molecule has 0 aliphatic heterocycles. The number of amides is 5. The first-order valence-corrected chi connectivity index (χ1v) is 41.1. The van der Waals surface area contributed by atoms with E-state index in [2.05, 4.69) is 104 Å². The minimum Gasteiger partial charge on any atom is -0.481 e. The number of carbonyl (C=O) groups is 12. The third kappa shape index (κ3) is 47.8. The van der Waals surface area contributed by atoms with Crippen molar-refractivity contribution in [3.63, 3.8) is 0 Å². The fourth-order valence-electron chi connectivity index (χ4n) is 9.54. The Bertz CT molecular complexity index is 4750. The first-order valence-electron chi connectivity index (χ1n) is 37.9. The number of nitrogens with one attached hydrogen (secondary N) is 5. The second kappa shape index (κ2) is 62.5. The van der Waals surface area contributed by atoms with Crippen LogP contribution in [0.15, 0.2) is 258 Å². The van der Waals surface area contributed by atoms with Gasteiger partial charge in [0, 0.05) is 124 Å². The number of aromatic nitrogens is 6. The Morgan fingerprint density at radius 3 is 0.984 bits per heavy atom. The fourth-order valence-corrected chi connectivity index (χ4v) is 11.0. The molecule has 10 rings (SSSR count). The number of rotatable bonds is 32. The van der Waals surface area contributed by atoms with Crippen molar-refractivity contribution in [1.82, 2.24) is 40.5 Å². The predicted molar refractivity (Wildman–Crippen MR) is 479 cm³/mol. The molecule has 0 radical (unpaired) electrons. The monoisotopic (exact) mass is 1910 g/mol. The van der Waals surface area contributed by atoms with Gasteiger partial charge in [-0.05, 0) is 222 Å². The number of hydrogen-bond donors (Lipinski definition) is 10. The molecule has 0 bridgehead atoms. The van der Waals surface area contributed by atoms with Gasteiger partial charge in [-0.3, -0.25) is 77.8 Å². The highest BCUT2D eigenvalue weighted by molar-refractivity contribution is 9.11. The number of ether oxygens (including phenoxy) is 3. The Labute approximate surface area is 746 Å². The van der Waals surface area contributed by atoms with E-state index < -0.39 is 46.5 Å². The summed E-state index contributed by atoms with van der Waals surface area (Å²) in [5.41, 5.74) is 22.1. The molecule has 4 aromatic carbocycles. The molecule has 0 spiro atoms. The molecule has 0 aliphatic carbocycles. The molecule has 6 aromatic heterocycles. The summed E-state index contributed by atoms with van der Waals surface area (Å²) in [5, 5.41) is 30.0. The highest BCUT2D eigenvalue weighted by Crippen LogP contribution is 2.21. The number of carboxylic acids is 2. The van der Waals surface area contributed by atoms with Crippen LogP contribution in [0.5, 0.6) is 0 Å². The van der Waals surface area contributed by atoms with Crippen LogP contribution in [0.4, 0.5) is 28.4 Å². The first kappa shape index (κ1) is 105. The van der Waals surface area contributed by atoms with Crippen molar-refractivity contribution < 1.29 is 82.0 Å². The van der Waals surface area contributed by atoms with Gasteiger partial charge in [0.15, 0.2) is 0 Å². The number of halogens is 5. The normalized spacial score (nSPS) is 10.6. The van der Waals surface area contributed by atoms with Gasteiger partial charge in [-0.15, -0.1) is 0 Å². The van der Waals surface area contributed by atoms with Crippen LogP contribution in [0.25, 0.3) is 0 Å². The number of esters is 3. The largest absolute Gasteiger partial charge is 0.481 e. The van der Waals surface area contributed by atoms with Crippen molar-refractivity contribution in [1.29, 1.82) is 0 Å². The van der Waals surface area contributed by atoms with E-state index in [1.807, 2.05) is 48.5 Å². The third-order valence-electron chi connectivity index (χ3n) is 15.6. The number of para-hydroxylation sites is 2. The van der Waals surface area contributed by atoms with Gasteiger partial charge < -0.3 is 68.2 Å². The van der Waals surface area contributed by atoms with Crippen molar-refractivity contribution in [3.8, 4) is 0 Å². The number of hydrogen-bond acceptors (Lipinski definition) is 24. The standard InChI is InChI=1S/C21H24BrN3O4.C19H20BrN3O4.C15H21BrN2O3.C8H9NO2.2C6H4ClNO.C6H8N2.C6H5NO2/c1-2-29-19(26)11-4-3-10-18(25-20(27)15-7-6-12-23-14-15)21(28)24-17-9-5-8-16(22)13-17;20-14-6-3-7-15(11-14)22-19(27)16(8-1-2-9-17(24)25)23-18(26)13-5-4-10-21-12-13;1-2-21-14(19)9-4-3-8-13(17)15(20)18-12-7-5-6-11(16)10-12;1-2-11-8(10)7-4-3-5-9-6-7;2*7-6(9)5-2-1-3-8-4-5;7-5-3-1-2-4-6(5)8;8-6(9)5-2-1-3-7-4-5/h5-9,12-14,18H,2-4,10-11H2,1H3,(H,24,28)(H,25,27);3-7,10-12,16H,1-2,8-9H2,(H,22,27)(H,23,26)(H,24,25);5-7,10,13H,2-4,8-9,17H2,1H3,(H,18,20);3-6H,2H2,1H3;2*1-4H;1-4H,7-8H2;1-4H,(H,8,9). The molecule has 10 aromatic rings. The van der Waals surface area contributed by atoms with E-state index in [1.165, 1.54) is 49.4 Å². The molecule has 123 heavy (non-hydrogen) atoms. The topological polar surface area (TPSA) is 489 Å². The number of nitrogens with zero attached hydrogens (tertiary/aromatic N) is 6. The smallest absolute Gasteiger partial charge is 0.339 e. The van der Waals surface area contributed by atoms with E-state index in [1.54, 1.807) is 167 Å². The molecular weight excluding hydrogens is 1820 g/mol. The number of pyridine rings is 6. The number of unbranched alkanes of at least 4 members (excludes halogenated alkanes) is 3. The number of anilines is 5. The Morgan fingerprint density at radius 2 is 0.699 bits per heavy atom. The van der Waals surface area contributed by atoms with E-state index >= 15 is 0 Å². The number of benzene rings is 4. The summed E-state index contributed by atoms with van der Waals surface area (Å²) in [7, 11) is 0. The SMILES string of the molecule is CCOC(=O)CCCCC(N)C(=O)Nc1cccc(Br)c1.CCOC(=O)CCCCC(NC(=O)c1cccnc1)C(=O)Nc1cccc(Br)c1.CCOC(=O)c1cccnc1.Nc1ccccc1N.O=C(Cl)c1cccnc1.O=C(Cl)c1cccnc1.O=C(O)CCCCC(NC(=O)c1cccnc1)C(=O)Nc1cccc(Br)c1.O=C(O)c1cccnc1. The van der Waals surface area contributed by atoms with Crippen LogP contribution in [-0.2, 0) is 43.0 Å². The summed E-state index contributed by atoms with van der Waals surface area (Å²) in [6, 6.07) is 46.3. The Balaban J connectivity index is 0.000000382. The molecule has 13 N–H and O–H groups in total. The summed E-state index contributed by atoms with van der Waals surface area (Å²) >= 11 is 20.3. The lowest BCUT2D eigenvalue weighted by atomic mass is 10.1. The summed E-state index contributed by atoms with van der Waals surface area (Å²) in [6.07, 6.45) is 23.4. The second-order valence-electron chi connectivity index (χ2n) is 25.1. The van der Waals surface area contributed by atoms with E-state index in [0.29, 0.717) is 140 Å². The molecule has 650 valence electrons. The quantitative estimate of drug-likeness (QED) is 0.00615. The predicted octanol–water partition coefficient (Wildman–Crippen LogP) is 15.6. The van der Waals surface area contributed by atoms with Gasteiger partial charge in [-0.1, -0.05) is 97.4 Å². The molecule has 0 saturated carbocycles. The maximum atomic E-state index is 12.8. The van der Waals surface area contributed by atoms with Crippen LogP contribution < -0.4 is 43.8 Å². The van der Waals surface area contributed by atoms with Gasteiger partial charge in [0.1, 0.15) is 12.1 Å². The summed E-state index contributed by atoms with van der Waals surface area (Å²) in [4.78, 5) is 160. The van der Waals surface area contributed by atoms with Gasteiger partial charge in [0.25, 0.3) is 22.3 Å². The van der Waals surface area contributed by atoms with E-state index in [0.717, 1.165) is 13.4 Å². The molecule has 3 unspecified atom stereocenters. The minimum absolute atomic E-state index is 0.0243. The van der Waals surface area contributed by atoms with Crippen LogP contribution in [0.2, 0.25) is 0 Å². The molecule has 5 amide bonds. The number of nitrogens with two attached hydrogens (primary N) is 3. The molecule has 0 aliphatic rings. The van der Waals surface area contributed by atoms with Crippen molar-refractivity contribution in [2.45, 2.75) is 116 Å². The zero-order chi connectivity index (χ0) is 90.5. The maximum absolute atomic E-state index is 12.8. The van der Waals surface area contributed by atoms with E-state index in [9.17, 15) is 57.5 Å². The minimum atomic E-state index is -0.942. The number of nitrogen functional groups attached to an aromatic ring is 2. The Morgan fingerprint density at radius 1 is 0.382 bits per heavy atom. The fraction of sp³-hybridized carbons (Fsp3) is 0.241. The molecular formula is C87H95Br3Cl2N14O17. The van der Waals surface area contributed by atoms with Crippen molar-refractivity contribution in [2.24, 2.45) is 5.73 Å². The molecule has 3 atom stereocenters. The van der Waals surface area contributed by atoms with Gasteiger partial charge in [-0.25, -0.2) is 9.59 Å². The Hall–Kier alpha value is -12.6. The Kier molecular flexibility index (Phi) is 53.2. The number of aromatic carboxylic acids is 1. The summed E-state index contributed by atoms with van der Waals surface area (Å²) < 4.78 is 17.0. The van der Waals surface area contributed by atoms with Crippen LogP contribution >= 0.6 is 71.0 Å². The maximum Gasteiger partial charge on any atom is 0.339 e. The molecule has 0 saturated heterocycles. The van der Waals surface area contributed by atoms with Crippen LogP contribution in [0, 0.1) is 0 Å². The number of carboxylic acid groups (broad SMARTS) is 2. The van der Waals surface area contributed by atoms with Gasteiger partial charge in [0.2, 0.25) is 17.7 Å². The first-order chi connectivity index (χ1) is 59.0. The van der Waals surface area contributed by atoms with Crippen LogP contribution in [0.1, 0.15) is 160 Å².